The van der Waals surface area contributed by atoms with E-state index in [9.17, 15) is 4.79 Å². The van der Waals surface area contributed by atoms with Crippen LogP contribution in [0.2, 0.25) is 0 Å². The van der Waals surface area contributed by atoms with Gasteiger partial charge in [-0.15, -0.1) is 24.0 Å². The van der Waals surface area contributed by atoms with Crippen molar-refractivity contribution in [1.82, 2.24) is 20.4 Å². The summed E-state index contributed by atoms with van der Waals surface area (Å²) in [6.45, 7) is 8.31. The molecule has 2 N–H and O–H groups in total. The van der Waals surface area contributed by atoms with Crippen molar-refractivity contribution in [2.75, 3.05) is 72.7 Å². The molecule has 0 spiro atoms. The second-order valence-corrected chi connectivity index (χ2v) is 8.34. The number of guanidine groups is 1. The summed E-state index contributed by atoms with van der Waals surface area (Å²) < 4.78 is 15.9. The molecule has 3 heterocycles. The van der Waals surface area contributed by atoms with Crippen LogP contribution in [-0.4, -0.2) is 100 Å². The number of piperidine rings is 1. The van der Waals surface area contributed by atoms with E-state index in [1.165, 1.54) is 0 Å². The van der Waals surface area contributed by atoms with Crippen LogP contribution in [0.4, 0.5) is 0 Å². The number of nitrogens with one attached hydrogen (secondary N) is 2. The second-order valence-electron chi connectivity index (χ2n) is 8.34. The first-order valence-corrected chi connectivity index (χ1v) is 11.9. The molecule has 0 atom stereocenters. The van der Waals surface area contributed by atoms with Crippen LogP contribution in [-0.2, 0) is 20.7 Å². The van der Waals surface area contributed by atoms with Crippen molar-refractivity contribution in [1.29, 1.82) is 0 Å². The Morgan fingerprint density at radius 3 is 2.73 bits per heavy atom. The first-order valence-electron chi connectivity index (χ1n) is 11.9. The first-order chi connectivity index (χ1) is 15.7. The minimum Gasteiger partial charge on any atom is -0.469 e. The standard InChI is InChI=1S/C23H39N5O4.HI/c1-30-17-8-22(29)28-12-6-20(7-13-28)26-23(25-10-5-21-4-2-16-32-21)24-9-3-11-27-14-18-31-19-15-27;/h2,4,16,20H,3,5-15,17-19H2,1H3,(H2,24,25,26);1H. The Bertz CT molecular complexity index is 674. The molecular formula is C23H40IN5O4. The van der Waals surface area contributed by atoms with Crippen molar-refractivity contribution < 1.29 is 18.7 Å². The molecule has 10 heteroatoms. The number of hydrogen-bond donors (Lipinski definition) is 2. The lowest BCUT2D eigenvalue weighted by atomic mass is 10.0. The number of halogens is 1. The number of carbonyl (C=O) groups is 1. The van der Waals surface area contributed by atoms with Crippen molar-refractivity contribution in [2.45, 2.75) is 38.1 Å². The molecule has 0 unspecified atom stereocenters. The number of nitrogens with zero attached hydrogens (tertiary/aromatic N) is 3. The second kappa shape index (κ2) is 16.3. The molecule has 1 aromatic rings. The molecule has 2 aliphatic rings. The van der Waals surface area contributed by atoms with Gasteiger partial charge in [0, 0.05) is 65.4 Å². The van der Waals surface area contributed by atoms with Crippen LogP contribution in [0.25, 0.3) is 0 Å². The van der Waals surface area contributed by atoms with E-state index in [4.69, 9.17) is 18.9 Å². The topological polar surface area (TPSA) is 91.6 Å². The number of methoxy groups -OCH3 is 1. The molecule has 2 aliphatic heterocycles. The predicted octanol–water partition coefficient (Wildman–Crippen LogP) is 1.73. The van der Waals surface area contributed by atoms with E-state index in [2.05, 4.69) is 15.5 Å². The first kappa shape index (κ1) is 27.9. The summed E-state index contributed by atoms with van der Waals surface area (Å²) >= 11 is 0. The molecule has 9 nitrogen and oxygen atoms in total. The van der Waals surface area contributed by atoms with Crippen LogP contribution < -0.4 is 10.6 Å². The highest BCUT2D eigenvalue weighted by atomic mass is 127. The zero-order valence-corrected chi connectivity index (χ0v) is 22.1. The van der Waals surface area contributed by atoms with Crippen LogP contribution in [0.1, 0.15) is 31.4 Å². The average Bonchev–Trinajstić information content (AvgIpc) is 3.35. The van der Waals surface area contributed by atoms with Crippen molar-refractivity contribution in [3.8, 4) is 0 Å². The van der Waals surface area contributed by atoms with Crippen LogP contribution in [0, 0.1) is 0 Å². The molecule has 2 fully saturated rings. The highest BCUT2D eigenvalue weighted by molar-refractivity contribution is 14.0. The highest BCUT2D eigenvalue weighted by Crippen LogP contribution is 2.11. The minimum absolute atomic E-state index is 0. The maximum absolute atomic E-state index is 12.2. The van der Waals surface area contributed by atoms with Gasteiger partial charge in [0.2, 0.25) is 5.91 Å². The van der Waals surface area contributed by atoms with E-state index in [-0.39, 0.29) is 29.9 Å². The van der Waals surface area contributed by atoms with Gasteiger partial charge in [-0.25, -0.2) is 0 Å². The van der Waals surface area contributed by atoms with Crippen LogP contribution in [0.3, 0.4) is 0 Å². The Morgan fingerprint density at radius 1 is 1.24 bits per heavy atom. The summed E-state index contributed by atoms with van der Waals surface area (Å²) in [6.07, 6.45) is 5.84. The fourth-order valence-corrected chi connectivity index (χ4v) is 4.04. The highest BCUT2D eigenvalue weighted by Gasteiger charge is 2.23. The molecule has 188 valence electrons. The quantitative estimate of drug-likeness (QED) is 0.179. The lowest BCUT2D eigenvalue weighted by Gasteiger charge is -2.33. The van der Waals surface area contributed by atoms with Gasteiger partial charge in [0.1, 0.15) is 5.76 Å². The average molecular weight is 578 g/mol. The summed E-state index contributed by atoms with van der Waals surface area (Å²) in [6, 6.07) is 4.22. The van der Waals surface area contributed by atoms with E-state index in [1.807, 2.05) is 17.0 Å². The SMILES string of the molecule is COCCC(=O)N1CCC(NC(=NCCCN2CCOCC2)NCCc2ccco2)CC1.I. The Balaban J connectivity index is 0.00000385. The summed E-state index contributed by atoms with van der Waals surface area (Å²) in [5.41, 5.74) is 0. The Hall–Kier alpha value is -1.37. The van der Waals surface area contributed by atoms with E-state index >= 15 is 0 Å². The van der Waals surface area contributed by atoms with Gasteiger partial charge < -0.3 is 29.4 Å². The van der Waals surface area contributed by atoms with Gasteiger partial charge in [0.05, 0.1) is 32.5 Å². The number of ether oxygens (including phenoxy) is 2. The van der Waals surface area contributed by atoms with Crippen molar-refractivity contribution in [3.05, 3.63) is 24.2 Å². The smallest absolute Gasteiger partial charge is 0.224 e. The van der Waals surface area contributed by atoms with Gasteiger partial charge in [-0.2, -0.15) is 0 Å². The van der Waals surface area contributed by atoms with E-state index in [1.54, 1.807) is 13.4 Å². The maximum atomic E-state index is 12.2. The summed E-state index contributed by atoms with van der Waals surface area (Å²) in [5, 5.41) is 7.04. The Labute approximate surface area is 214 Å². The van der Waals surface area contributed by atoms with Gasteiger partial charge in [0.15, 0.2) is 5.96 Å². The monoisotopic (exact) mass is 577 g/mol. The third-order valence-electron chi connectivity index (χ3n) is 5.96. The van der Waals surface area contributed by atoms with Crippen molar-refractivity contribution >= 4 is 35.8 Å². The maximum Gasteiger partial charge on any atom is 0.224 e. The Morgan fingerprint density at radius 2 is 2.03 bits per heavy atom. The molecule has 0 aromatic carbocycles. The van der Waals surface area contributed by atoms with E-state index < -0.39 is 0 Å². The van der Waals surface area contributed by atoms with Crippen molar-refractivity contribution in [2.24, 2.45) is 4.99 Å². The van der Waals surface area contributed by atoms with Crippen molar-refractivity contribution in [3.63, 3.8) is 0 Å². The predicted molar refractivity (Wildman–Crippen MR) is 139 cm³/mol. The van der Waals surface area contributed by atoms with Gasteiger partial charge in [0.25, 0.3) is 0 Å². The number of amides is 1. The van der Waals surface area contributed by atoms with E-state index in [0.717, 1.165) is 96.4 Å². The molecular weight excluding hydrogens is 537 g/mol. The fourth-order valence-electron chi connectivity index (χ4n) is 4.04. The molecule has 0 radical (unpaired) electrons. The number of furan rings is 1. The number of rotatable bonds is 11. The largest absolute Gasteiger partial charge is 0.469 e. The van der Waals surface area contributed by atoms with Crippen LogP contribution in [0.5, 0.6) is 0 Å². The summed E-state index contributed by atoms with van der Waals surface area (Å²) in [4.78, 5) is 21.4. The molecule has 1 amide bonds. The Kier molecular flexibility index (Phi) is 13.8. The third-order valence-corrected chi connectivity index (χ3v) is 5.96. The fraction of sp³-hybridized carbons (Fsp3) is 0.739. The zero-order valence-electron chi connectivity index (χ0n) is 19.8. The van der Waals surface area contributed by atoms with Gasteiger partial charge in [-0.1, -0.05) is 0 Å². The summed E-state index contributed by atoms with van der Waals surface area (Å²) in [7, 11) is 1.63. The van der Waals surface area contributed by atoms with Gasteiger partial charge in [-0.05, 0) is 31.4 Å². The minimum atomic E-state index is 0. The van der Waals surface area contributed by atoms with Gasteiger partial charge in [-0.3, -0.25) is 14.7 Å². The lowest BCUT2D eigenvalue weighted by Crippen LogP contribution is -2.50. The number of hydrogen-bond acceptors (Lipinski definition) is 6. The molecule has 33 heavy (non-hydrogen) atoms. The number of likely N-dealkylation sites (tertiary alicyclic amines) is 1. The van der Waals surface area contributed by atoms with Crippen LogP contribution >= 0.6 is 24.0 Å². The number of aliphatic imine (C=N–C) groups is 1. The number of morpholine rings is 1. The lowest BCUT2D eigenvalue weighted by molar-refractivity contribution is -0.133. The third kappa shape index (κ3) is 10.6. The normalized spacial score (nSPS) is 18.1. The van der Waals surface area contributed by atoms with E-state index in [0.29, 0.717) is 19.1 Å². The number of carbonyl (C=O) groups excluding carboxylic acids is 1. The molecule has 1 aromatic heterocycles. The van der Waals surface area contributed by atoms with Gasteiger partial charge >= 0.3 is 0 Å². The molecule has 0 saturated carbocycles. The molecule has 0 bridgehead atoms. The molecule has 3 rings (SSSR count). The zero-order chi connectivity index (χ0) is 22.4. The van der Waals surface area contributed by atoms with Crippen LogP contribution in [0.15, 0.2) is 27.8 Å². The summed E-state index contributed by atoms with van der Waals surface area (Å²) in [5.74, 6) is 1.99. The molecule has 2 saturated heterocycles. The molecule has 0 aliphatic carbocycles.